The maximum absolute atomic E-state index is 11.4. The summed E-state index contributed by atoms with van der Waals surface area (Å²) in [6, 6.07) is 5.15. The summed E-state index contributed by atoms with van der Waals surface area (Å²) >= 11 is 5.69. The number of amides is 1. The van der Waals surface area contributed by atoms with Crippen LogP contribution in [0.1, 0.15) is 6.92 Å². The number of carbonyl (C=O) groups excluding carboxylic acids is 1. The Balaban J connectivity index is 2.67. The quantitative estimate of drug-likeness (QED) is 0.586. The molecule has 0 saturated heterocycles. The van der Waals surface area contributed by atoms with E-state index in [1.807, 2.05) is 6.92 Å². The van der Waals surface area contributed by atoms with Crippen molar-refractivity contribution in [2.75, 3.05) is 7.05 Å². The monoisotopic (exact) mass is 226 g/mol. The topological polar surface area (TPSA) is 58.6 Å². The zero-order chi connectivity index (χ0) is 11.3. The Morgan fingerprint density at radius 3 is 2.93 bits per heavy atom. The van der Waals surface area contributed by atoms with Crippen molar-refractivity contribution in [3.8, 4) is 0 Å². The van der Waals surface area contributed by atoms with Gasteiger partial charge < -0.3 is 5.32 Å². The van der Waals surface area contributed by atoms with E-state index in [9.17, 15) is 4.79 Å². The van der Waals surface area contributed by atoms with Crippen LogP contribution < -0.4 is 10.6 Å². The number of aromatic nitrogens is 1. The van der Waals surface area contributed by atoms with Gasteiger partial charge in [0.1, 0.15) is 5.15 Å². The highest BCUT2D eigenvalue weighted by Gasteiger charge is 2.06. The van der Waals surface area contributed by atoms with Gasteiger partial charge in [0.15, 0.2) is 0 Å². The van der Waals surface area contributed by atoms with Crippen LogP contribution in [0, 0.1) is 0 Å². The molecule has 0 aliphatic heterocycles. The van der Waals surface area contributed by atoms with E-state index in [0.29, 0.717) is 11.0 Å². The van der Waals surface area contributed by atoms with Gasteiger partial charge in [-0.2, -0.15) is 4.98 Å². The summed E-state index contributed by atoms with van der Waals surface area (Å²) in [4.78, 5) is 15.4. The Bertz CT molecular complexity index is 390. The highest BCUT2D eigenvalue weighted by molar-refractivity contribution is 6.29. The van der Waals surface area contributed by atoms with Crippen molar-refractivity contribution in [2.45, 2.75) is 6.92 Å². The fourth-order valence-electron chi connectivity index (χ4n) is 0.977. The third-order valence-electron chi connectivity index (χ3n) is 1.78. The van der Waals surface area contributed by atoms with Gasteiger partial charge in [-0.3, -0.25) is 0 Å². The molecule has 80 valence electrons. The summed E-state index contributed by atoms with van der Waals surface area (Å²) in [5.74, 6) is 0.448. The minimum absolute atomic E-state index is 0.114. The van der Waals surface area contributed by atoms with Crippen LogP contribution >= 0.6 is 11.6 Å². The first-order chi connectivity index (χ1) is 7.11. The second kappa shape index (κ2) is 5.48. The number of nitrogens with zero attached hydrogens (tertiary/aromatic N) is 1. The van der Waals surface area contributed by atoms with Crippen molar-refractivity contribution in [1.29, 1.82) is 0 Å². The zero-order valence-corrected chi connectivity index (χ0v) is 9.38. The molecule has 15 heavy (non-hydrogen) atoms. The molecule has 0 aliphatic carbocycles. The molecule has 1 aromatic heterocycles. The number of nitrogens with one attached hydrogen (secondary N) is 1. The van der Waals surface area contributed by atoms with Gasteiger partial charge in [-0.15, -0.1) is 0 Å². The van der Waals surface area contributed by atoms with Crippen LogP contribution in [0.5, 0.6) is 0 Å². The standard InChI is InChI=1S/C10H12ClN3O/c1-7(12-2)6-10(15)14-9-5-3-4-8(11)13-9/h3-6,12H,1-2H3,(H,13,14,15)/p+1. The van der Waals surface area contributed by atoms with E-state index in [0.717, 1.165) is 5.70 Å². The zero-order valence-electron chi connectivity index (χ0n) is 8.62. The molecule has 0 atom stereocenters. The van der Waals surface area contributed by atoms with Crippen molar-refractivity contribution in [3.05, 3.63) is 35.1 Å². The molecule has 3 N–H and O–H groups in total. The van der Waals surface area contributed by atoms with Crippen LogP contribution in [0.15, 0.2) is 30.0 Å². The van der Waals surface area contributed by atoms with Crippen molar-refractivity contribution in [1.82, 2.24) is 10.3 Å². The van der Waals surface area contributed by atoms with Crippen molar-refractivity contribution in [3.63, 3.8) is 0 Å². The summed E-state index contributed by atoms with van der Waals surface area (Å²) < 4.78 is 0. The Kier molecular flexibility index (Phi) is 4.27. The number of rotatable bonds is 3. The van der Waals surface area contributed by atoms with E-state index in [4.69, 9.17) is 11.6 Å². The van der Waals surface area contributed by atoms with E-state index in [1.165, 1.54) is 11.4 Å². The van der Waals surface area contributed by atoms with Gasteiger partial charge in [-0.1, -0.05) is 17.7 Å². The van der Waals surface area contributed by atoms with Gasteiger partial charge >= 0.3 is 5.91 Å². The number of allylic oxidation sites excluding steroid dienone is 1. The second-order valence-electron chi connectivity index (χ2n) is 3.01. The highest BCUT2D eigenvalue weighted by Crippen LogP contribution is 2.04. The highest BCUT2D eigenvalue weighted by atomic mass is 35.5. The second-order valence-corrected chi connectivity index (χ2v) is 3.40. The van der Waals surface area contributed by atoms with E-state index in [-0.39, 0.29) is 5.91 Å². The summed E-state index contributed by atoms with van der Waals surface area (Å²) in [6.07, 6.45) is 1.50. The molecule has 0 bridgehead atoms. The summed E-state index contributed by atoms with van der Waals surface area (Å²) in [6.45, 7) is 1.82. The maximum Gasteiger partial charge on any atom is 0.343 e. The number of primary amides is 1. The van der Waals surface area contributed by atoms with E-state index < -0.39 is 0 Å². The number of pyridine rings is 1. The van der Waals surface area contributed by atoms with E-state index in [2.05, 4.69) is 10.3 Å². The molecule has 0 fully saturated rings. The lowest BCUT2D eigenvalue weighted by molar-refractivity contribution is -0.482. The van der Waals surface area contributed by atoms with Crippen LogP contribution in [0.25, 0.3) is 0 Å². The van der Waals surface area contributed by atoms with Gasteiger partial charge in [-0.25, -0.2) is 10.1 Å². The Hall–Kier alpha value is -1.39. The van der Waals surface area contributed by atoms with Crippen LogP contribution in [0.2, 0.25) is 5.15 Å². The molecule has 1 heterocycles. The molecule has 0 saturated carbocycles. The molecular formula is C10H13ClN3O+. The molecule has 0 aromatic carbocycles. The average molecular weight is 227 g/mol. The van der Waals surface area contributed by atoms with E-state index in [1.54, 1.807) is 25.2 Å². The fourth-order valence-corrected chi connectivity index (χ4v) is 1.15. The number of hydrogen-bond acceptors (Lipinski definition) is 3. The van der Waals surface area contributed by atoms with Gasteiger partial charge in [0, 0.05) is 18.8 Å². The lowest BCUT2D eigenvalue weighted by Crippen LogP contribution is -2.82. The smallest absolute Gasteiger partial charge is 0.343 e. The van der Waals surface area contributed by atoms with Crippen molar-refractivity contribution < 1.29 is 10.1 Å². The molecule has 1 amide bonds. The Morgan fingerprint density at radius 1 is 1.60 bits per heavy atom. The first-order valence-electron chi connectivity index (χ1n) is 4.49. The SMILES string of the molecule is CNC(C)=CC(=O)[NH2+]c1cccc(Cl)n1. The molecule has 5 heteroatoms. The molecule has 1 rings (SSSR count). The number of halogens is 1. The minimum Gasteiger partial charge on any atom is -0.391 e. The van der Waals surface area contributed by atoms with Crippen LogP contribution in [-0.2, 0) is 4.79 Å². The Morgan fingerprint density at radius 2 is 2.33 bits per heavy atom. The summed E-state index contributed by atoms with van der Waals surface area (Å²) in [5.41, 5.74) is 0.804. The minimum atomic E-state index is -0.114. The molecule has 4 nitrogen and oxygen atoms in total. The number of quaternary nitrogens is 1. The molecule has 1 aromatic rings. The molecule has 0 spiro atoms. The van der Waals surface area contributed by atoms with Gasteiger partial charge in [0.2, 0.25) is 5.82 Å². The number of nitrogens with two attached hydrogens (primary N) is 1. The van der Waals surface area contributed by atoms with Crippen LogP contribution in [0.4, 0.5) is 5.82 Å². The Labute approximate surface area is 93.4 Å². The molecule has 0 aliphatic rings. The lowest BCUT2D eigenvalue weighted by atomic mass is 10.4. The van der Waals surface area contributed by atoms with E-state index >= 15 is 0 Å². The fraction of sp³-hybridized carbons (Fsp3) is 0.200. The van der Waals surface area contributed by atoms with Gasteiger partial charge in [0.25, 0.3) is 0 Å². The third-order valence-corrected chi connectivity index (χ3v) is 1.99. The van der Waals surface area contributed by atoms with Crippen molar-refractivity contribution in [2.24, 2.45) is 0 Å². The lowest BCUT2D eigenvalue weighted by Gasteiger charge is -1.97. The molecular weight excluding hydrogens is 214 g/mol. The van der Waals surface area contributed by atoms with Crippen LogP contribution in [0.3, 0.4) is 0 Å². The predicted octanol–water partition coefficient (Wildman–Crippen LogP) is 0.580. The first kappa shape index (κ1) is 11.7. The van der Waals surface area contributed by atoms with Crippen LogP contribution in [-0.4, -0.2) is 17.9 Å². The summed E-state index contributed by atoms with van der Waals surface area (Å²) in [5, 5.41) is 4.68. The van der Waals surface area contributed by atoms with Crippen molar-refractivity contribution >= 4 is 23.3 Å². The largest absolute Gasteiger partial charge is 0.391 e. The molecule has 0 unspecified atom stereocenters. The van der Waals surface area contributed by atoms with Gasteiger partial charge in [0.05, 0.1) is 6.08 Å². The number of hydrogen-bond donors (Lipinski definition) is 2. The molecule has 0 radical (unpaired) electrons. The normalized spacial score (nSPS) is 11.3. The predicted molar refractivity (Wildman–Crippen MR) is 58.7 cm³/mol. The average Bonchev–Trinajstić information content (AvgIpc) is 2.17. The first-order valence-corrected chi connectivity index (χ1v) is 4.87. The number of carbonyl (C=O) groups is 1. The third kappa shape index (κ3) is 4.10. The maximum atomic E-state index is 11.4. The van der Waals surface area contributed by atoms with Gasteiger partial charge in [-0.05, 0) is 13.0 Å². The summed E-state index contributed by atoms with van der Waals surface area (Å²) in [7, 11) is 1.76.